The molecule has 0 unspecified atom stereocenters. The molecule has 6 fully saturated rings. The molecule has 4 aromatic rings. The Balaban J connectivity index is 0.000000124. The Morgan fingerprint density at radius 1 is 0.556 bits per heavy atom. The lowest BCUT2D eigenvalue weighted by Gasteiger charge is -2.45. The number of benzene rings is 4. The molecular formula is C52H59ClN2O8. The van der Waals surface area contributed by atoms with Gasteiger partial charge in [0.25, 0.3) is 0 Å². The first-order chi connectivity index (χ1) is 30.8. The molecule has 4 aromatic carbocycles. The molecule has 4 saturated heterocycles. The lowest BCUT2D eigenvalue weighted by atomic mass is 9.77. The predicted molar refractivity (Wildman–Crippen MR) is 241 cm³/mol. The van der Waals surface area contributed by atoms with Crippen LogP contribution in [0.4, 0.5) is 9.59 Å². The summed E-state index contributed by atoms with van der Waals surface area (Å²) in [5.74, 6) is -0.402. The highest BCUT2D eigenvalue weighted by Crippen LogP contribution is 2.49. The zero-order chi connectivity index (χ0) is 42.9. The minimum absolute atomic E-state index is 0.0834. The molecular weight excluding hydrogens is 816 g/mol. The third kappa shape index (κ3) is 8.44. The minimum atomic E-state index is -0.753. The van der Waals surface area contributed by atoms with Crippen LogP contribution in [0.25, 0.3) is 22.3 Å². The second-order valence-electron chi connectivity index (χ2n) is 18.6. The number of halogens is 1. The van der Waals surface area contributed by atoms with E-state index in [1.807, 2.05) is 29.2 Å². The van der Waals surface area contributed by atoms with Crippen LogP contribution in [-0.2, 0) is 28.4 Å². The molecule has 4 heterocycles. The normalized spacial score (nSPS) is 22.8. The molecule has 8 aliphatic rings. The Morgan fingerprint density at radius 3 is 1.41 bits per heavy atom. The summed E-state index contributed by atoms with van der Waals surface area (Å²) in [5.41, 5.74) is 9.42. The van der Waals surface area contributed by atoms with Gasteiger partial charge in [-0.2, -0.15) is 0 Å². The zero-order valence-corrected chi connectivity index (χ0v) is 36.9. The fourth-order valence-electron chi connectivity index (χ4n) is 12.1. The van der Waals surface area contributed by atoms with Crippen molar-refractivity contribution in [2.75, 3.05) is 52.7 Å². The number of carbonyl (C=O) groups is 2. The van der Waals surface area contributed by atoms with Crippen molar-refractivity contribution in [1.29, 1.82) is 0 Å². The molecule has 10 nitrogen and oxygen atoms in total. The first-order valence-electron chi connectivity index (χ1n) is 23.2. The van der Waals surface area contributed by atoms with Crippen LogP contribution >= 0.6 is 11.6 Å². The second kappa shape index (κ2) is 17.9. The number of hydrogen-bond acceptors (Lipinski definition) is 9. The minimum Gasteiger partial charge on any atom is -0.453 e. The van der Waals surface area contributed by atoms with Gasteiger partial charge >= 0.3 is 11.5 Å². The van der Waals surface area contributed by atoms with Crippen LogP contribution in [0.1, 0.15) is 111 Å². The first kappa shape index (κ1) is 42.6. The van der Waals surface area contributed by atoms with Crippen LogP contribution in [0, 0.1) is 0 Å². The number of likely N-dealkylation sites (tertiary alicyclic amines) is 1. The van der Waals surface area contributed by atoms with Gasteiger partial charge in [-0.3, -0.25) is 0 Å². The number of nitrogens with zero attached hydrogens (tertiary/aromatic N) is 1. The van der Waals surface area contributed by atoms with E-state index in [9.17, 15) is 9.59 Å². The number of fused-ring (bicyclic) bond motifs is 6. The highest BCUT2D eigenvalue weighted by molar-refractivity contribution is 6.61. The van der Waals surface area contributed by atoms with E-state index in [4.69, 9.17) is 40.0 Å². The smallest absolute Gasteiger partial charge is 0.410 e. The van der Waals surface area contributed by atoms with Crippen molar-refractivity contribution in [3.05, 3.63) is 119 Å². The van der Waals surface area contributed by atoms with Crippen molar-refractivity contribution in [2.45, 2.75) is 112 Å². The fourth-order valence-corrected chi connectivity index (χ4v) is 12.1. The van der Waals surface area contributed by atoms with Gasteiger partial charge in [0.2, 0.25) is 0 Å². The van der Waals surface area contributed by atoms with Crippen LogP contribution in [0.2, 0.25) is 0 Å². The van der Waals surface area contributed by atoms with Crippen molar-refractivity contribution >= 4 is 23.1 Å². The monoisotopic (exact) mass is 874 g/mol. The molecule has 11 heteroatoms. The summed E-state index contributed by atoms with van der Waals surface area (Å²) in [4.78, 5) is 26.0. The van der Waals surface area contributed by atoms with Crippen LogP contribution < -0.4 is 5.32 Å². The van der Waals surface area contributed by atoms with Crippen molar-refractivity contribution in [3.63, 3.8) is 0 Å². The fraction of sp³-hybridized carbons (Fsp3) is 0.500. The maximum Gasteiger partial charge on any atom is 0.410 e. The van der Waals surface area contributed by atoms with Gasteiger partial charge in [0.15, 0.2) is 11.6 Å². The van der Waals surface area contributed by atoms with Gasteiger partial charge in [0, 0.05) is 66.7 Å². The Kier molecular flexibility index (Phi) is 12.1. The Hall–Kier alpha value is -4.29. The van der Waals surface area contributed by atoms with Gasteiger partial charge in [-0.15, -0.1) is 0 Å². The van der Waals surface area contributed by atoms with Crippen molar-refractivity contribution < 1.29 is 38.0 Å². The molecule has 12 rings (SSSR count). The van der Waals surface area contributed by atoms with E-state index in [1.54, 1.807) is 0 Å². The average Bonchev–Trinajstić information content (AvgIpc) is 4.20. The van der Waals surface area contributed by atoms with E-state index in [0.717, 1.165) is 71.1 Å². The summed E-state index contributed by atoms with van der Waals surface area (Å²) in [7, 11) is 0. The van der Waals surface area contributed by atoms with Gasteiger partial charge in [0.1, 0.15) is 13.2 Å². The van der Waals surface area contributed by atoms with E-state index in [-0.39, 0.29) is 35.9 Å². The SMILES string of the molecule is C1CNC2(C1)CCC1(CC2)OCCO1.O=C(Cl)OCC1c2ccccc2-c2ccccc21.O=C(OCC1c2ccccc2-c2ccccc21)N1CCCC12CCC1(CC2)OCCO1. The molecule has 0 atom stereocenters. The standard InChI is InChI=1S/C26H29NO4.C15H11ClO2.C11H19NO2/c28-24(27-15-5-10-25(27)11-13-26(14-12-25)30-16-17-31-26)29-18-23-21-8-3-1-6-19(21)20-7-2-4-9-22(20)23;16-15(17)18-9-14-12-7-3-1-5-10(12)11-6-2-4-8-13(11)14;1-2-10(12-7-1)3-5-11(6-4-10)13-8-9-14-11/h1-4,6-9,23H,5,10-18H2;1-8,14H,9H2;12H,1-9H2. The summed E-state index contributed by atoms with van der Waals surface area (Å²) in [6, 6.07) is 33.3. The van der Waals surface area contributed by atoms with E-state index in [0.29, 0.717) is 25.4 Å². The van der Waals surface area contributed by atoms with E-state index in [2.05, 4.69) is 78.1 Å². The number of ether oxygens (including phenoxy) is 6. The molecule has 2 saturated carbocycles. The largest absolute Gasteiger partial charge is 0.453 e. The van der Waals surface area contributed by atoms with Crippen molar-refractivity contribution in [2.24, 2.45) is 0 Å². The summed E-state index contributed by atoms with van der Waals surface area (Å²) >= 11 is 5.25. The number of carbonyl (C=O) groups excluding carboxylic acids is 2. The molecule has 4 spiro atoms. The maximum atomic E-state index is 13.3. The Labute approximate surface area is 375 Å². The molecule has 1 N–H and O–H groups in total. The lowest BCUT2D eigenvalue weighted by molar-refractivity contribution is -0.190. The number of rotatable bonds is 4. The van der Waals surface area contributed by atoms with Crippen molar-refractivity contribution in [3.8, 4) is 22.3 Å². The van der Waals surface area contributed by atoms with Gasteiger partial charge in [0.05, 0.1) is 26.4 Å². The van der Waals surface area contributed by atoms with E-state index < -0.39 is 11.2 Å². The highest BCUT2D eigenvalue weighted by Gasteiger charge is 2.52. The van der Waals surface area contributed by atoms with Crippen molar-refractivity contribution in [1.82, 2.24) is 10.2 Å². The molecule has 4 aliphatic heterocycles. The summed E-state index contributed by atoms with van der Waals surface area (Å²) in [6.45, 7) is 5.61. The van der Waals surface area contributed by atoms with Gasteiger partial charge in [-0.1, -0.05) is 97.1 Å². The molecule has 0 aromatic heterocycles. The van der Waals surface area contributed by atoms with Crippen LogP contribution in [-0.4, -0.2) is 91.8 Å². The Bertz CT molecular complexity index is 2140. The van der Waals surface area contributed by atoms with Gasteiger partial charge in [-0.05, 0) is 102 Å². The molecule has 332 valence electrons. The summed E-state index contributed by atoms with van der Waals surface area (Å²) < 4.78 is 34.2. The second-order valence-corrected chi connectivity index (χ2v) is 18.9. The van der Waals surface area contributed by atoms with E-state index >= 15 is 0 Å². The first-order valence-corrected chi connectivity index (χ1v) is 23.6. The van der Waals surface area contributed by atoms with Crippen LogP contribution in [0.3, 0.4) is 0 Å². The molecule has 4 aliphatic carbocycles. The molecule has 0 radical (unpaired) electrons. The molecule has 0 bridgehead atoms. The highest BCUT2D eigenvalue weighted by atomic mass is 35.5. The molecule has 1 amide bonds. The molecule has 63 heavy (non-hydrogen) atoms. The Morgan fingerprint density at radius 2 is 0.984 bits per heavy atom. The maximum absolute atomic E-state index is 13.3. The zero-order valence-electron chi connectivity index (χ0n) is 36.1. The van der Waals surface area contributed by atoms with Crippen LogP contribution in [0.15, 0.2) is 97.1 Å². The van der Waals surface area contributed by atoms with Gasteiger partial charge < -0.3 is 38.6 Å². The number of nitrogens with one attached hydrogen (secondary N) is 1. The van der Waals surface area contributed by atoms with E-state index in [1.165, 1.54) is 76.7 Å². The number of amides is 1. The lowest BCUT2D eigenvalue weighted by Crippen LogP contribution is -2.53. The quantitative estimate of drug-likeness (QED) is 0.201. The van der Waals surface area contributed by atoms with Gasteiger partial charge in [-0.25, -0.2) is 9.59 Å². The third-order valence-corrected chi connectivity index (χ3v) is 15.5. The third-order valence-electron chi connectivity index (χ3n) is 15.3. The topological polar surface area (TPSA) is 105 Å². The number of hydrogen-bond donors (Lipinski definition) is 1. The summed E-state index contributed by atoms with van der Waals surface area (Å²) in [5, 5.41) is 3.67. The summed E-state index contributed by atoms with van der Waals surface area (Å²) in [6.07, 6.45) is 12.8. The predicted octanol–water partition coefficient (Wildman–Crippen LogP) is 10.7. The van der Waals surface area contributed by atoms with Crippen LogP contribution in [0.5, 0.6) is 0 Å². The average molecular weight is 876 g/mol.